The third-order valence-corrected chi connectivity index (χ3v) is 3.79. The highest BCUT2D eigenvalue weighted by molar-refractivity contribution is 6.35. The Bertz CT molecular complexity index is 469. The Labute approximate surface area is 112 Å². The number of esters is 1. The largest absolute Gasteiger partial charge is 0.495 e. The van der Waals surface area contributed by atoms with Crippen molar-refractivity contribution in [3.8, 4) is 5.75 Å². The summed E-state index contributed by atoms with van der Waals surface area (Å²) < 4.78 is 10.1. The fourth-order valence-corrected chi connectivity index (χ4v) is 2.81. The number of halogens is 1. The molecule has 0 heterocycles. The van der Waals surface area contributed by atoms with E-state index in [0.717, 1.165) is 36.8 Å². The topological polar surface area (TPSA) is 35.5 Å². The normalized spacial score (nSPS) is 14.6. The Morgan fingerprint density at radius 2 is 1.94 bits per heavy atom. The van der Waals surface area contributed by atoms with Crippen molar-refractivity contribution < 1.29 is 14.3 Å². The van der Waals surface area contributed by atoms with Crippen molar-refractivity contribution in [1.29, 1.82) is 0 Å². The van der Waals surface area contributed by atoms with Gasteiger partial charge in [-0.2, -0.15) is 0 Å². The van der Waals surface area contributed by atoms with Crippen molar-refractivity contribution in [2.24, 2.45) is 0 Å². The molecule has 0 radical (unpaired) electrons. The summed E-state index contributed by atoms with van der Waals surface area (Å²) in [6.07, 6.45) is 5.24. The summed E-state index contributed by atoms with van der Waals surface area (Å²) in [5, 5.41) is 0.366. The number of methoxy groups -OCH3 is 2. The summed E-state index contributed by atoms with van der Waals surface area (Å²) in [6, 6.07) is 1.95. The first kappa shape index (κ1) is 13.2. The van der Waals surface area contributed by atoms with Crippen LogP contribution in [0.15, 0.2) is 6.07 Å². The second-order valence-corrected chi connectivity index (χ2v) is 4.84. The van der Waals surface area contributed by atoms with Crippen LogP contribution in [0, 0.1) is 0 Å². The molecule has 0 atom stereocenters. The van der Waals surface area contributed by atoms with Gasteiger partial charge < -0.3 is 9.47 Å². The lowest BCUT2D eigenvalue weighted by molar-refractivity contribution is 0.0599. The SMILES string of the molecule is COC(=O)c1c(Cl)c(OC)cc2c1CCCCC2. The molecule has 0 saturated heterocycles. The molecule has 2 rings (SSSR count). The van der Waals surface area contributed by atoms with Gasteiger partial charge in [-0.3, -0.25) is 0 Å². The van der Waals surface area contributed by atoms with Crippen LogP contribution < -0.4 is 4.74 Å². The predicted molar refractivity (Wildman–Crippen MR) is 70.6 cm³/mol. The van der Waals surface area contributed by atoms with Crippen molar-refractivity contribution in [1.82, 2.24) is 0 Å². The van der Waals surface area contributed by atoms with Gasteiger partial charge in [-0.1, -0.05) is 18.0 Å². The molecule has 0 fully saturated rings. The average molecular weight is 269 g/mol. The fraction of sp³-hybridized carbons (Fsp3) is 0.500. The van der Waals surface area contributed by atoms with E-state index in [1.165, 1.54) is 13.5 Å². The Morgan fingerprint density at radius 1 is 1.22 bits per heavy atom. The van der Waals surface area contributed by atoms with E-state index in [4.69, 9.17) is 21.1 Å². The van der Waals surface area contributed by atoms with E-state index < -0.39 is 0 Å². The highest BCUT2D eigenvalue weighted by Gasteiger charge is 2.24. The predicted octanol–water partition coefficient (Wildman–Crippen LogP) is 3.40. The summed E-state index contributed by atoms with van der Waals surface area (Å²) in [5.41, 5.74) is 2.68. The lowest BCUT2D eigenvalue weighted by atomic mass is 9.96. The Kier molecular flexibility index (Phi) is 4.12. The Balaban J connectivity index is 2.63. The first-order valence-electron chi connectivity index (χ1n) is 6.15. The highest BCUT2D eigenvalue weighted by atomic mass is 35.5. The molecule has 4 heteroatoms. The Morgan fingerprint density at radius 3 is 2.61 bits per heavy atom. The van der Waals surface area contributed by atoms with Gasteiger partial charge in [0.1, 0.15) is 5.75 Å². The number of fused-ring (bicyclic) bond motifs is 1. The smallest absolute Gasteiger partial charge is 0.339 e. The van der Waals surface area contributed by atoms with E-state index in [-0.39, 0.29) is 5.97 Å². The van der Waals surface area contributed by atoms with E-state index in [1.807, 2.05) is 6.07 Å². The maximum Gasteiger partial charge on any atom is 0.339 e. The second kappa shape index (κ2) is 5.61. The molecule has 3 nitrogen and oxygen atoms in total. The molecule has 0 amide bonds. The van der Waals surface area contributed by atoms with Gasteiger partial charge in [-0.15, -0.1) is 0 Å². The number of carbonyl (C=O) groups is 1. The van der Waals surface area contributed by atoms with Crippen LogP contribution in [0.5, 0.6) is 5.75 Å². The number of aryl methyl sites for hydroxylation is 1. The molecule has 1 aliphatic rings. The molecule has 18 heavy (non-hydrogen) atoms. The molecule has 0 aliphatic heterocycles. The van der Waals surface area contributed by atoms with Crippen molar-refractivity contribution in [2.45, 2.75) is 32.1 Å². The molecule has 1 aromatic carbocycles. The maximum atomic E-state index is 11.9. The van der Waals surface area contributed by atoms with Crippen LogP contribution in [0.25, 0.3) is 0 Å². The lowest BCUT2D eigenvalue weighted by Crippen LogP contribution is -2.10. The zero-order valence-electron chi connectivity index (χ0n) is 10.7. The minimum atomic E-state index is -0.378. The third-order valence-electron chi connectivity index (χ3n) is 3.41. The molecular weight excluding hydrogens is 252 g/mol. The molecule has 0 saturated carbocycles. The molecular formula is C14H17ClO3. The number of hydrogen-bond donors (Lipinski definition) is 0. The van der Waals surface area contributed by atoms with Crippen LogP contribution in [0.2, 0.25) is 5.02 Å². The number of hydrogen-bond acceptors (Lipinski definition) is 3. The number of rotatable bonds is 2. The Hall–Kier alpha value is -1.22. The molecule has 0 unspecified atom stereocenters. The first-order valence-corrected chi connectivity index (χ1v) is 6.53. The summed E-state index contributed by atoms with van der Waals surface area (Å²) in [5.74, 6) is 0.176. The second-order valence-electron chi connectivity index (χ2n) is 4.46. The van der Waals surface area contributed by atoms with Gasteiger partial charge in [0, 0.05) is 0 Å². The van der Waals surface area contributed by atoms with Crippen LogP contribution >= 0.6 is 11.6 Å². The minimum absolute atomic E-state index is 0.366. The first-order chi connectivity index (χ1) is 8.69. The van der Waals surface area contributed by atoms with Crippen LogP contribution in [-0.2, 0) is 17.6 Å². The van der Waals surface area contributed by atoms with Crippen LogP contribution in [-0.4, -0.2) is 20.2 Å². The number of benzene rings is 1. The maximum absolute atomic E-state index is 11.9. The van der Waals surface area contributed by atoms with Gasteiger partial charge in [-0.25, -0.2) is 4.79 Å². The fourth-order valence-electron chi connectivity index (χ4n) is 2.49. The van der Waals surface area contributed by atoms with Gasteiger partial charge in [0.2, 0.25) is 0 Å². The molecule has 0 spiro atoms. The van der Waals surface area contributed by atoms with E-state index in [9.17, 15) is 4.79 Å². The third kappa shape index (κ3) is 2.32. The molecule has 0 bridgehead atoms. The van der Waals surface area contributed by atoms with Gasteiger partial charge in [0.15, 0.2) is 0 Å². The number of ether oxygens (including phenoxy) is 2. The zero-order chi connectivity index (χ0) is 13.1. The zero-order valence-corrected chi connectivity index (χ0v) is 11.5. The van der Waals surface area contributed by atoms with Crippen molar-refractivity contribution >= 4 is 17.6 Å². The molecule has 98 valence electrons. The van der Waals surface area contributed by atoms with Crippen molar-refractivity contribution in [3.63, 3.8) is 0 Å². The van der Waals surface area contributed by atoms with Crippen LogP contribution in [0.3, 0.4) is 0 Å². The van der Waals surface area contributed by atoms with E-state index in [2.05, 4.69) is 0 Å². The highest BCUT2D eigenvalue weighted by Crippen LogP contribution is 2.36. The molecule has 0 aromatic heterocycles. The van der Waals surface area contributed by atoms with Gasteiger partial charge >= 0.3 is 5.97 Å². The van der Waals surface area contributed by atoms with Gasteiger partial charge in [0.05, 0.1) is 24.8 Å². The van der Waals surface area contributed by atoms with Crippen LogP contribution in [0.1, 0.15) is 40.7 Å². The van der Waals surface area contributed by atoms with Crippen LogP contribution in [0.4, 0.5) is 0 Å². The minimum Gasteiger partial charge on any atom is -0.495 e. The molecule has 0 N–H and O–H groups in total. The number of carbonyl (C=O) groups excluding carboxylic acids is 1. The summed E-state index contributed by atoms with van der Waals surface area (Å²) >= 11 is 6.25. The van der Waals surface area contributed by atoms with Gasteiger partial charge in [0.25, 0.3) is 0 Å². The average Bonchev–Trinajstić information content (AvgIpc) is 2.62. The monoisotopic (exact) mass is 268 g/mol. The van der Waals surface area contributed by atoms with E-state index >= 15 is 0 Å². The molecule has 1 aromatic rings. The van der Waals surface area contributed by atoms with Gasteiger partial charge in [-0.05, 0) is 42.9 Å². The summed E-state index contributed by atoms with van der Waals surface area (Å²) in [6.45, 7) is 0. The summed E-state index contributed by atoms with van der Waals surface area (Å²) in [7, 11) is 2.94. The standard InChI is InChI=1S/C14H17ClO3/c1-17-11-8-9-6-4-3-5-7-10(9)12(13(11)15)14(16)18-2/h8H,3-7H2,1-2H3. The molecule has 1 aliphatic carbocycles. The quantitative estimate of drug-likeness (QED) is 0.609. The lowest BCUT2D eigenvalue weighted by Gasteiger charge is -2.15. The van der Waals surface area contributed by atoms with E-state index in [0.29, 0.717) is 16.3 Å². The van der Waals surface area contributed by atoms with Crippen molar-refractivity contribution in [3.05, 3.63) is 27.8 Å². The summed E-state index contributed by atoms with van der Waals surface area (Å²) in [4.78, 5) is 11.9. The van der Waals surface area contributed by atoms with E-state index in [1.54, 1.807) is 7.11 Å². The van der Waals surface area contributed by atoms with Crippen molar-refractivity contribution in [2.75, 3.05) is 14.2 Å².